The molecule has 1 aromatic rings. The van der Waals surface area contributed by atoms with Crippen LogP contribution < -0.4 is 10.1 Å². The Balaban J connectivity index is 1.84. The second kappa shape index (κ2) is 7.08. The monoisotopic (exact) mass is 292 g/mol. The third-order valence-corrected chi connectivity index (χ3v) is 3.42. The minimum absolute atomic E-state index is 0.0905. The summed E-state index contributed by atoms with van der Waals surface area (Å²) in [5, 5.41) is 11.7. The zero-order valence-electron chi connectivity index (χ0n) is 12.0. The molecule has 2 rings (SSSR count). The molecule has 0 heterocycles. The van der Waals surface area contributed by atoms with Crippen molar-refractivity contribution in [1.29, 1.82) is 0 Å². The van der Waals surface area contributed by atoms with Crippen molar-refractivity contribution in [3.8, 4) is 5.75 Å². The van der Waals surface area contributed by atoms with Crippen LogP contribution >= 0.6 is 0 Å². The lowest BCUT2D eigenvalue weighted by atomic mass is 10.2. The predicted molar refractivity (Wildman–Crippen MR) is 77.1 cm³/mol. The van der Waals surface area contributed by atoms with Gasteiger partial charge in [0.15, 0.2) is 0 Å². The lowest BCUT2D eigenvalue weighted by molar-refractivity contribution is -0.138. The predicted octanol–water partition coefficient (Wildman–Crippen LogP) is 0.860. The van der Waals surface area contributed by atoms with E-state index in [1.54, 1.807) is 12.0 Å². The summed E-state index contributed by atoms with van der Waals surface area (Å²) in [5.74, 6) is -0.351. The van der Waals surface area contributed by atoms with E-state index < -0.39 is 5.97 Å². The topological polar surface area (TPSA) is 78.9 Å². The summed E-state index contributed by atoms with van der Waals surface area (Å²) in [7, 11) is 1.59. The molecular formula is C15H20N2O4. The second-order valence-corrected chi connectivity index (χ2v) is 5.12. The molecule has 6 heteroatoms. The number of ether oxygens (including phenoxy) is 1. The van der Waals surface area contributed by atoms with Crippen molar-refractivity contribution in [2.45, 2.75) is 25.4 Å². The summed E-state index contributed by atoms with van der Waals surface area (Å²) >= 11 is 0. The molecule has 2 N–H and O–H groups in total. The summed E-state index contributed by atoms with van der Waals surface area (Å²) in [4.78, 5) is 24.5. The number of hydrogen-bond acceptors (Lipinski definition) is 4. The first-order valence-electron chi connectivity index (χ1n) is 6.94. The first kappa shape index (κ1) is 15.3. The molecule has 0 spiro atoms. The first-order chi connectivity index (χ1) is 10.1. The fourth-order valence-electron chi connectivity index (χ4n) is 2.21. The normalized spacial score (nSPS) is 14.0. The summed E-state index contributed by atoms with van der Waals surface area (Å²) in [6, 6.07) is 7.70. The molecule has 1 amide bonds. The molecule has 0 bridgehead atoms. The van der Waals surface area contributed by atoms with E-state index in [0.29, 0.717) is 6.54 Å². The van der Waals surface area contributed by atoms with Gasteiger partial charge in [0.05, 0.1) is 20.2 Å². The average Bonchev–Trinajstić information content (AvgIpc) is 3.29. The van der Waals surface area contributed by atoms with Gasteiger partial charge in [0.25, 0.3) is 0 Å². The number of carboxylic acids is 1. The van der Waals surface area contributed by atoms with Crippen LogP contribution in [0.3, 0.4) is 0 Å². The van der Waals surface area contributed by atoms with E-state index in [0.717, 1.165) is 24.2 Å². The van der Waals surface area contributed by atoms with Crippen molar-refractivity contribution in [1.82, 2.24) is 10.2 Å². The van der Waals surface area contributed by atoms with Crippen LogP contribution in [0.5, 0.6) is 5.75 Å². The van der Waals surface area contributed by atoms with Gasteiger partial charge in [0.2, 0.25) is 5.91 Å². The molecular weight excluding hydrogens is 272 g/mol. The number of rotatable bonds is 8. The molecule has 1 saturated carbocycles. The van der Waals surface area contributed by atoms with Gasteiger partial charge in [0, 0.05) is 18.2 Å². The smallest absolute Gasteiger partial charge is 0.317 e. The van der Waals surface area contributed by atoms with E-state index in [9.17, 15) is 9.59 Å². The Morgan fingerprint density at radius 2 is 2.05 bits per heavy atom. The highest BCUT2D eigenvalue weighted by Crippen LogP contribution is 2.26. The van der Waals surface area contributed by atoms with Gasteiger partial charge in [-0.1, -0.05) is 18.2 Å². The van der Waals surface area contributed by atoms with Crippen LogP contribution in [0, 0.1) is 0 Å². The molecule has 0 unspecified atom stereocenters. The minimum Gasteiger partial charge on any atom is -0.496 e. The van der Waals surface area contributed by atoms with Gasteiger partial charge < -0.3 is 15.2 Å². The van der Waals surface area contributed by atoms with E-state index in [2.05, 4.69) is 5.32 Å². The molecule has 21 heavy (non-hydrogen) atoms. The van der Waals surface area contributed by atoms with Crippen LogP contribution in [0.15, 0.2) is 24.3 Å². The highest BCUT2D eigenvalue weighted by molar-refractivity contribution is 5.79. The van der Waals surface area contributed by atoms with E-state index in [1.807, 2.05) is 24.3 Å². The molecule has 0 aliphatic heterocycles. The second-order valence-electron chi connectivity index (χ2n) is 5.12. The highest BCUT2D eigenvalue weighted by atomic mass is 16.5. The van der Waals surface area contributed by atoms with Crippen molar-refractivity contribution < 1.29 is 19.4 Å². The van der Waals surface area contributed by atoms with Crippen LogP contribution in [0.4, 0.5) is 0 Å². The number of amides is 1. The standard InChI is InChI=1S/C15H20N2O4/c1-21-13-5-3-2-4-11(13)8-16-14(18)9-17(10-15(19)20)12-6-7-12/h2-5,12H,6-10H2,1H3,(H,16,18)(H,19,20). The number of methoxy groups -OCH3 is 1. The average molecular weight is 292 g/mol. The molecule has 0 atom stereocenters. The van der Waals surface area contributed by atoms with Gasteiger partial charge in [-0.2, -0.15) is 0 Å². The van der Waals surface area contributed by atoms with Gasteiger partial charge in [-0.3, -0.25) is 14.5 Å². The van der Waals surface area contributed by atoms with Gasteiger partial charge in [-0.05, 0) is 18.9 Å². The van der Waals surface area contributed by atoms with Gasteiger partial charge in [0.1, 0.15) is 5.75 Å². The van der Waals surface area contributed by atoms with E-state index in [-0.39, 0.29) is 25.0 Å². The van der Waals surface area contributed by atoms with E-state index in [4.69, 9.17) is 9.84 Å². The number of nitrogens with zero attached hydrogens (tertiary/aromatic N) is 1. The van der Waals surface area contributed by atoms with Crippen molar-refractivity contribution in [2.75, 3.05) is 20.2 Å². The molecule has 1 fully saturated rings. The number of carbonyl (C=O) groups excluding carboxylic acids is 1. The molecule has 1 aliphatic rings. The lowest BCUT2D eigenvalue weighted by Gasteiger charge is -2.19. The summed E-state index contributed by atoms with van der Waals surface area (Å²) < 4.78 is 5.22. The number of carbonyl (C=O) groups is 2. The Labute approximate surface area is 123 Å². The number of para-hydroxylation sites is 1. The quantitative estimate of drug-likeness (QED) is 0.743. The van der Waals surface area contributed by atoms with Crippen LogP contribution in [0.25, 0.3) is 0 Å². The van der Waals surface area contributed by atoms with E-state index >= 15 is 0 Å². The fraction of sp³-hybridized carbons (Fsp3) is 0.467. The molecule has 0 saturated heterocycles. The molecule has 0 radical (unpaired) electrons. The Morgan fingerprint density at radius 3 is 2.67 bits per heavy atom. The molecule has 114 valence electrons. The number of benzene rings is 1. The lowest BCUT2D eigenvalue weighted by Crippen LogP contribution is -2.40. The van der Waals surface area contributed by atoms with Crippen molar-refractivity contribution in [2.24, 2.45) is 0 Å². The van der Waals surface area contributed by atoms with E-state index in [1.165, 1.54) is 0 Å². The van der Waals surface area contributed by atoms with Gasteiger partial charge in [-0.15, -0.1) is 0 Å². The highest BCUT2D eigenvalue weighted by Gasteiger charge is 2.31. The Morgan fingerprint density at radius 1 is 1.33 bits per heavy atom. The largest absolute Gasteiger partial charge is 0.496 e. The fourth-order valence-corrected chi connectivity index (χ4v) is 2.21. The zero-order chi connectivity index (χ0) is 15.2. The summed E-state index contributed by atoms with van der Waals surface area (Å²) in [5.41, 5.74) is 0.893. The number of nitrogens with one attached hydrogen (secondary N) is 1. The molecule has 1 aromatic carbocycles. The SMILES string of the molecule is COc1ccccc1CNC(=O)CN(CC(=O)O)C1CC1. The maximum absolute atomic E-state index is 12.0. The molecule has 0 aromatic heterocycles. The first-order valence-corrected chi connectivity index (χ1v) is 6.94. The zero-order valence-corrected chi connectivity index (χ0v) is 12.0. The Bertz CT molecular complexity index is 514. The Kier molecular flexibility index (Phi) is 5.16. The van der Waals surface area contributed by atoms with Gasteiger partial charge >= 0.3 is 5.97 Å². The van der Waals surface area contributed by atoms with Crippen molar-refractivity contribution in [3.63, 3.8) is 0 Å². The number of carboxylic acid groups (broad SMARTS) is 1. The summed E-state index contributed by atoms with van der Waals surface area (Å²) in [6.45, 7) is 0.396. The van der Waals surface area contributed by atoms with Crippen LogP contribution in [0.2, 0.25) is 0 Å². The minimum atomic E-state index is -0.903. The third-order valence-electron chi connectivity index (χ3n) is 3.42. The van der Waals surface area contributed by atoms with Crippen LogP contribution in [-0.4, -0.2) is 48.1 Å². The Hall–Kier alpha value is -2.08. The van der Waals surface area contributed by atoms with Crippen LogP contribution in [0.1, 0.15) is 18.4 Å². The molecule has 1 aliphatic carbocycles. The molecule has 6 nitrogen and oxygen atoms in total. The van der Waals surface area contributed by atoms with Crippen LogP contribution in [-0.2, 0) is 16.1 Å². The maximum atomic E-state index is 12.0. The van der Waals surface area contributed by atoms with Crippen molar-refractivity contribution >= 4 is 11.9 Å². The number of aliphatic carboxylic acids is 1. The third kappa shape index (κ3) is 4.75. The van der Waals surface area contributed by atoms with Gasteiger partial charge in [-0.25, -0.2) is 0 Å². The number of hydrogen-bond donors (Lipinski definition) is 2. The van der Waals surface area contributed by atoms with Crippen molar-refractivity contribution in [3.05, 3.63) is 29.8 Å². The summed E-state index contributed by atoms with van der Waals surface area (Å²) in [6.07, 6.45) is 1.93. The maximum Gasteiger partial charge on any atom is 0.317 e.